The second-order valence-electron chi connectivity index (χ2n) is 5.91. The van der Waals surface area contributed by atoms with Crippen LogP contribution < -0.4 is 20.7 Å². The second-order valence-corrected chi connectivity index (χ2v) is 5.91. The van der Waals surface area contributed by atoms with Gasteiger partial charge in [-0.3, -0.25) is 10.3 Å². The van der Waals surface area contributed by atoms with E-state index < -0.39 is 6.09 Å². The van der Waals surface area contributed by atoms with Gasteiger partial charge >= 0.3 is 6.09 Å². The Morgan fingerprint density at radius 1 is 1.04 bits per heavy atom. The van der Waals surface area contributed by atoms with E-state index in [1.165, 1.54) is 7.11 Å². The van der Waals surface area contributed by atoms with Crippen LogP contribution in [-0.2, 0) is 17.8 Å². The van der Waals surface area contributed by atoms with Gasteiger partial charge in [-0.1, -0.05) is 24.3 Å². The monoisotopic (exact) mass is 498 g/mol. The van der Waals surface area contributed by atoms with Crippen molar-refractivity contribution in [2.24, 2.45) is 4.99 Å². The predicted octanol–water partition coefficient (Wildman–Crippen LogP) is 3.67. The molecule has 0 saturated heterocycles. The van der Waals surface area contributed by atoms with Gasteiger partial charge in [0.25, 0.3) is 0 Å². The first kappa shape index (κ1) is 23.5. The number of aryl methyl sites for hydroxylation is 1. The fourth-order valence-corrected chi connectivity index (χ4v) is 2.46. The lowest BCUT2D eigenvalue weighted by atomic mass is 10.1. The lowest BCUT2D eigenvalue weighted by molar-refractivity contribution is 0.187. The van der Waals surface area contributed by atoms with Crippen LogP contribution in [0.3, 0.4) is 0 Å². The van der Waals surface area contributed by atoms with E-state index >= 15 is 0 Å². The molecule has 0 aliphatic carbocycles. The number of hydrogen-bond acceptors (Lipinski definition) is 4. The first-order valence-electron chi connectivity index (χ1n) is 8.57. The van der Waals surface area contributed by atoms with Crippen LogP contribution in [0.1, 0.15) is 16.7 Å². The zero-order chi connectivity index (χ0) is 19.6. The summed E-state index contributed by atoms with van der Waals surface area (Å²) in [5, 5.41) is 9.16. The Labute approximate surface area is 182 Å². The van der Waals surface area contributed by atoms with Gasteiger partial charge in [0.2, 0.25) is 0 Å². The number of methoxy groups -OCH3 is 2. The van der Waals surface area contributed by atoms with Crippen molar-refractivity contribution >= 4 is 41.7 Å². The molecule has 3 N–H and O–H groups in total. The Morgan fingerprint density at radius 2 is 1.71 bits per heavy atom. The van der Waals surface area contributed by atoms with Gasteiger partial charge < -0.3 is 20.1 Å². The van der Waals surface area contributed by atoms with E-state index in [1.54, 1.807) is 14.2 Å². The number of amides is 1. The van der Waals surface area contributed by atoms with Crippen LogP contribution in [0.15, 0.2) is 47.5 Å². The molecule has 2 rings (SSSR count). The molecular weight excluding hydrogens is 471 g/mol. The zero-order valence-electron chi connectivity index (χ0n) is 16.5. The Kier molecular flexibility index (Phi) is 10.1. The van der Waals surface area contributed by atoms with Crippen molar-refractivity contribution in [2.75, 3.05) is 26.6 Å². The molecule has 0 atom stereocenters. The number of benzene rings is 2. The zero-order valence-corrected chi connectivity index (χ0v) is 18.9. The van der Waals surface area contributed by atoms with Crippen molar-refractivity contribution in [1.82, 2.24) is 10.6 Å². The molecule has 0 bridgehead atoms. The number of ether oxygens (including phenoxy) is 2. The summed E-state index contributed by atoms with van der Waals surface area (Å²) < 4.78 is 10.00. The molecule has 0 aliphatic rings. The summed E-state index contributed by atoms with van der Waals surface area (Å²) >= 11 is 0. The highest BCUT2D eigenvalue weighted by Gasteiger charge is 2.05. The Morgan fingerprint density at radius 3 is 2.32 bits per heavy atom. The van der Waals surface area contributed by atoms with E-state index in [0.29, 0.717) is 24.7 Å². The Balaban J connectivity index is 0.00000392. The summed E-state index contributed by atoms with van der Waals surface area (Å²) in [5.74, 6) is 1.54. The van der Waals surface area contributed by atoms with Crippen LogP contribution in [0.5, 0.6) is 5.75 Å². The minimum absolute atomic E-state index is 0. The van der Waals surface area contributed by atoms with Gasteiger partial charge in [-0.05, 0) is 36.2 Å². The van der Waals surface area contributed by atoms with Gasteiger partial charge in [-0.25, -0.2) is 4.79 Å². The fourth-order valence-electron chi connectivity index (χ4n) is 2.46. The van der Waals surface area contributed by atoms with Gasteiger partial charge in [0.15, 0.2) is 5.96 Å². The van der Waals surface area contributed by atoms with Crippen LogP contribution in [0.25, 0.3) is 0 Å². The first-order valence-corrected chi connectivity index (χ1v) is 8.57. The Hall–Kier alpha value is -2.49. The predicted molar refractivity (Wildman–Crippen MR) is 123 cm³/mol. The topological polar surface area (TPSA) is 84.0 Å². The lowest BCUT2D eigenvalue weighted by Gasteiger charge is -2.14. The molecule has 1 amide bonds. The van der Waals surface area contributed by atoms with Gasteiger partial charge in [0.1, 0.15) is 5.75 Å². The number of nitrogens with one attached hydrogen (secondary N) is 3. The number of hydrogen-bond donors (Lipinski definition) is 3. The maximum absolute atomic E-state index is 11.2. The summed E-state index contributed by atoms with van der Waals surface area (Å²) in [7, 11) is 4.73. The summed E-state index contributed by atoms with van der Waals surface area (Å²) in [5.41, 5.74) is 3.95. The molecule has 0 saturated carbocycles. The maximum Gasteiger partial charge on any atom is 0.411 e. The molecule has 28 heavy (non-hydrogen) atoms. The number of halogens is 1. The molecule has 0 fully saturated rings. The summed E-state index contributed by atoms with van der Waals surface area (Å²) in [4.78, 5) is 15.4. The summed E-state index contributed by atoms with van der Waals surface area (Å²) in [6.45, 7) is 3.24. The number of rotatable bonds is 6. The molecule has 0 radical (unpaired) electrons. The number of guanidine groups is 1. The molecule has 0 aromatic heterocycles. The van der Waals surface area contributed by atoms with Crippen molar-refractivity contribution in [1.29, 1.82) is 0 Å². The molecule has 0 unspecified atom stereocenters. The highest BCUT2D eigenvalue weighted by atomic mass is 127. The average Bonchev–Trinajstić information content (AvgIpc) is 2.69. The number of aliphatic imine (C=N–C) groups is 1. The van der Waals surface area contributed by atoms with Crippen molar-refractivity contribution in [3.63, 3.8) is 0 Å². The van der Waals surface area contributed by atoms with Crippen molar-refractivity contribution < 1.29 is 14.3 Å². The van der Waals surface area contributed by atoms with Crippen molar-refractivity contribution in [3.05, 3.63) is 59.2 Å². The van der Waals surface area contributed by atoms with Gasteiger partial charge in [0.05, 0.1) is 14.2 Å². The lowest BCUT2D eigenvalue weighted by Crippen LogP contribution is -2.36. The summed E-state index contributed by atoms with van der Waals surface area (Å²) in [6.07, 6.45) is -0.489. The second kappa shape index (κ2) is 12.1. The number of anilines is 1. The van der Waals surface area contributed by atoms with Gasteiger partial charge in [-0.2, -0.15) is 0 Å². The minimum Gasteiger partial charge on any atom is -0.496 e. The molecule has 2 aromatic carbocycles. The Bertz CT molecular complexity index is 795. The molecular formula is C20H27IN4O3. The van der Waals surface area contributed by atoms with Gasteiger partial charge in [0, 0.05) is 31.4 Å². The molecule has 0 spiro atoms. The summed E-state index contributed by atoms with van der Waals surface area (Å²) in [6, 6.07) is 13.6. The van der Waals surface area contributed by atoms with Crippen LogP contribution in [0.4, 0.5) is 10.5 Å². The van der Waals surface area contributed by atoms with E-state index in [-0.39, 0.29) is 24.0 Å². The SMILES string of the molecule is CN=C(NCc1ccc(NC(=O)OC)cc1)NCc1ccc(C)cc1OC.I. The largest absolute Gasteiger partial charge is 0.496 e. The van der Waals surface area contributed by atoms with Crippen LogP contribution in [0, 0.1) is 6.92 Å². The highest BCUT2D eigenvalue weighted by molar-refractivity contribution is 14.0. The third-order valence-corrected chi connectivity index (χ3v) is 3.96. The fraction of sp³-hybridized carbons (Fsp3) is 0.300. The molecule has 7 nitrogen and oxygen atoms in total. The standard InChI is InChI=1S/C20H26N4O3.HI/c1-14-5-8-16(18(11-14)26-3)13-23-19(21-2)22-12-15-6-9-17(10-7-15)24-20(25)27-4;/h5-11H,12-13H2,1-4H3,(H,24,25)(H2,21,22,23);1H. The molecule has 0 aliphatic heterocycles. The van der Waals surface area contributed by atoms with Crippen molar-refractivity contribution in [3.8, 4) is 5.75 Å². The third kappa shape index (κ3) is 7.26. The molecule has 152 valence electrons. The maximum atomic E-state index is 11.2. The number of nitrogens with zero attached hydrogens (tertiary/aromatic N) is 1. The smallest absolute Gasteiger partial charge is 0.411 e. The van der Waals surface area contributed by atoms with Crippen LogP contribution >= 0.6 is 24.0 Å². The molecule has 0 heterocycles. The van der Waals surface area contributed by atoms with Gasteiger partial charge in [-0.15, -0.1) is 24.0 Å². The van der Waals surface area contributed by atoms with Crippen molar-refractivity contribution in [2.45, 2.75) is 20.0 Å². The third-order valence-electron chi connectivity index (χ3n) is 3.96. The molecule has 2 aromatic rings. The van der Waals surface area contributed by atoms with E-state index in [1.807, 2.05) is 43.3 Å². The minimum atomic E-state index is -0.489. The van der Waals surface area contributed by atoms with E-state index in [0.717, 1.165) is 22.4 Å². The van der Waals surface area contributed by atoms with E-state index in [9.17, 15) is 4.79 Å². The normalized spacial score (nSPS) is 10.5. The average molecular weight is 498 g/mol. The molecule has 8 heteroatoms. The van der Waals surface area contributed by atoms with E-state index in [2.05, 4.69) is 31.7 Å². The quantitative estimate of drug-likeness (QED) is 0.322. The highest BCUT2D eigenvalue weighted by Crippen LogP contribution is 2.19. The van der Waals surface area contributed by atoms with E-state index in [4.69, 9.17) is 4.74 Å². The number of carbonyl (C=O) groups excluding carboxylic acids is 1. The first-order chi connectivity index (χ1) is 13.0. The van der Waals surface area contributed by atoms with Crippen LogP contribution in [-0.4, -0.2) is 33.3 Å². The number of carbonyl (C=O) groups is 1. The van der Waals surface area contributed by atoms with Crippen LogP contribution in [0.2, 0.25) is 0 Å².